The third-order valence-corrected chi connectivity index (χ3v) is 1.07. The van der Waals surface area contributed by atoms with Gasteiger partial charge in [0.1, 0.15) is 0 Å². The van der Waals surface area contributed by atoms with Crippen LogP contribution in [0.2, 0.25) is 0 Å². The summed E-state index contributed by atoms with van der Waals surface area (Å²) in [5.74, 6) is 0. The molecule has 0 amide bonds. The molecule has 0 bridgehead atoms. The summed E-state index contributed by atoms with van der Waals surface area (Å²) in [4.78, 5) is 10.4. The highest BCUT2D eigenvalue weighted by Gasteiger charge is 2.29. The fraction of sp³-hybridized carbons (Fsp3) is 0.857. The third-order valence-electron chi connectivity index (χ3n) is 1.07. The van der Waals surface area contributed by atoms with Crippen LogP contribution in [0.25, 0.3) is 0 Å². The first-order chi connectivity index (χ1) is 5.95. The van der Waals surface area contributed by atoms with Crippen LogP contribution in [-0.4, -0.2) is 25.5 Å². The average molecular weight is 200 g/mol. The van der Waals surface area contributed by atoms with E-state index in [1.54, 1.807) is 0 Å². The smallest absolute Gasteiger partial charge is 0.434 e. The minimum absolute atomic E-state index is 0.0905. The Morgan fingerprint density at radius 2 is 1.92 bits per heavy atom. The molecule has 0 N–H and O–H groups in total. The summed E-state index contributed by atoms with van der Waals surface area (Å²) < 4.78 is 42.5. The van der Waals surface area contributed by atoms with Crippen LogP contribution < -0.4 is 0 Å². The zero-order valence-corrected chi connectivity index (χ0v) is 7.19. The molecule has 0 aliphatic rings. The summed E-state index contributed by atoms with van der Waals surface area (Å²) >= 11 is 0. The van der Waals surface area contributed by atoms with E-state index >= 15 is 0 Å². The van der Waals surface area contributed by atoms with Gasteiger partial charge in [-0.25, -0.2) is 4.79 Å². The van der Waals surface area contributed by atoms with E-state index in [1.165, 1.54) is 0 Å². The molecular weight excluding hydrogens is 189 g/mol. The molecule has 0 radical (unpaired) electrons. The van der Waals surface area contributed by atoms with Crippen molar-refractivity contribution in [1.29, 1.82) is 0 Å². The van der Waals surface area contributed by atoms with Crippen LogP contribution in [-0.2, 0) is 9.47 Å². The second-order valence-corrected chi connectivity index (χ2v) is 2.36. The van der Waals surface area contributed by atoms with E-state index in [9.17, 15) is 18.0 Å². The van der Waals surface area contributed by atoms with Crippen molar-refractivity contribution in [3.8, 4) is 0 Å². The van der Waals surface area contributed by atoms with Crippen LogP contribution in [0, 0.1) is 0 Å². The lowest BCUT2D eigenvalue weighted by molar-refractivity contribution is -0.165. The summed E-state index contributed by atoms with van der Waals surface area (Å²) in [5.41, 5.74) is 0. The Morgan fingerprint density at radius 3 is 2.38 bits per heavy atom. The van der Waals surface area contributed by atoms with Crippen LogP contribution in [0.15, 0.2) is 0 Å². The molecule has 0 spiro atoms. The maximum Gasteiger partial charge on any atom is 0.508 e. The van der Waals surface area contributed by atoms with Crippen LogP contribution >= 0.6 is 0 Å². The van der Waals surface area contributed by atoms with Crippen LogP contribution in [0.1, 0.15) is 19.8 Å². The molecule has 0 aromatic carbocycles. The summed E-state index contributed by atoms with van der Waals surface area (Å²) in [6.07, 6.45) is -4.36. The number of carbonyl (C=O) groups excluding carboxylic acids is 1. The molecule has 78 valence electrons. The number of carbonyl (C=O) groups is 1. The molecule has 0 aliphatic carbocycles. The van der Waals surface area contributed by atoms with Crippen LogP contribution in [0.4, 0.5) is 18.0 Å². The van der Waals surface area contributed by atoms with Gasteiger partial charge in [0, 0.05) is 0 Å². The average Bonchev–Trinajstić information content (AvgIpc) is 2.00. The van der Waals surface area contributed by atoms with E-state index in [1.807, 2.05) is 6.92 Å². The van der Waals surface area contributed by atoms with Crippen molar-refractivity contribution >= 4 is 6.16 Å². The molecule has 13 heavy (non-hydrogen) atoms. The molecule has 0 aliphatic heterocycles. The van der Waals surface area contributed by atoms with Gasteiger partial charge in [-0.2, -0.15) is 13.2 Å². The van der Waals surface area contributed by atoms with Crippen LogP contribution in [0.3, 0.4) is 0 Å². The highest BCUT2D eigenvalue weighted by atomic mass is 19.4. The molecule has 0 aromatic rings. The van der Waals surface area contributed by atoms with E-state index in [4.69, 9.17) is 0 Å². The first-order valence-electron chi connectivity index (χ1n) is 3.82. The molecular formula is C7H11F3O3. The van der Waals surface area contributed by atoms with Gasteiger partial charge < -0.3 is 9.47 Å². The van der Waals surface area contributed by atoms with Gasteiger partial charge in [-0.15, -0.1) is 0 Å². The van der Waals surface area contributed by atoms with Crippen molar-refractivity contribution in [3.63, 3.8) is 0 Å². The lowest BCUT2D eigenvalue weighted by Gasteiger charge is -2.07. The maximum atomic E-state index is 11.5. The van der Waals surface area contributed by atoms with Crippen molar-refractivity contribution in [2.75, 3.05) is 13.2 Å². The Labute approximate surface area is 73.8 Å². The molecule has 0 aromatic heterocycles. The van der Waals surface area contributed by atoms with Crippen molar-refractivity contribution in [3.05, 3.63) is 0 Å². The van der Waals surface area contributed by atoms with E-state index in [2.05, 4.69) is 9.47 Å². The molecule has 0 atom stereocenters. The van der Waals surface area contributed by atoms with Gasteiger partial charge >= 0.3 is 12.3 Å². The molecule has 0 heterocycles. The number of rotatable bonds is 4. The lowest BCUT2D eigenvalue weighted by Crippen LogP contribution is -2.21. The summed E-state index contributed by atoms with van der Waals surface area (Å²) in [5, 5.41) is 0. The van der Waals surface area contributed by atoms with E-state index in [0.717, 1.165) is 6.42 Å². The second-order valence-electron chi connectivity index (χ2n) is 2.36. The Morgan fingerprint density at radius 1 is 1.31 bits per heavy atom. The lowest BCUT2D eigenvalue weighted by atomic mass is 10.4. The molecule has 0 rings (SSSR count). The first-order valence-corrected chi connectivity index (χ1v) is 3.82. The second kappa shape index (κ2) is 5.66. The van der Waals surface area contributed by atoms with Gasteiger partial charge in [0.25, 0.3) is 0 Å². The highest BCUT2D eigenvalue weighted by molar-refractivity contribution is 5.59. The Balaban J connectivity index is 3.41. The zero-order chi connectivity index (χ0) is 10.3. The van der Waals surface area contributed by atoms with Crippen molar-refractivity contribution < 1.29 is 27.4 Å². The van der Waals surface area contributed by atoms with E-state index < -0.39 is 18.9 Å². The number of alkyl halides is 3. The molecule has 0 saturated heterocycles. The van der Waals surface area contributed by atoms with Gasteiger partial charge in [0.15, 0.2) is 6.61 Å². The van der Waals surface area contributed by atoms with Gasteiger partial charge in [-0.05, 0) is 6.42 Å². The SMILES string of the molecule is CCCCOC(=O)OCC(F)(F)F. The third kappa shape index (κ3) is 8.97. The molecule has 3 nitrogen and oxygen atoms in total. The maximum absolute atomic E-state index is 11.5. The molecule has 0 saturated carbocycles. The minimum atomic E-state index is -4.50. The van der Waals surface area contributed by atoms with E-state index in [0.29, 0.717) is 6.42 Å². The molecule has 0 fully saturated rings. The predicted octanol–water partition coefficient (Wildman–Crippen LogP) is 2.50. The fourth-order valence-electron chi connectivity index (χ4n) is 0.482. The number of hydrogen-bond acceptors (Lipinski definition) is 3. The summed E-state index contributed by atoms with van der Waals surface area (Å²) in [6.45, 7) is 0.357. The van der Waals surface area contributed by atoms with Gasteiger partial charge in [0.2, 0.25) is 0 Å². The summed E-state index contributed by atoms with van der Waals surface area (Å²) in [7, 11) is 0. The summed E-state index contributed by atoms with van der Waals surface area (Å²) in [6, 6.07) is 0. The van der Waals surface area contributed by atoms with Gasteiger partial charge in [-0.3, -0.25) is 0 Å². The van der Waals surface area contributed by atoms with Gasteiger partial charge in [-0.1, -0.05) is 13.3 Å². The number of ether oxygens (including phenoxy) is 2. The quantitative estimate of drug-likeness (QED) is 0.516. The number of unbranched alkanes of at least 4 members (excludes halogenated alkanes) is 1. The first kappa shape index (κ1) is 12.1. The van der Waals surface area contributed by atoms with Crippen molar-refractivity contribution in [1.82, 2.24) is 0 Å². The van der Waals surface area contributed by atoms with E-state index in [-0.39, 0.29) is 6.61 Å². The van der Waals surface area contributed by atoms with Gasteiger partial charge in [0.05, 0.1) is 6.61 Å². The standard InChI is InChI=1S/C7H11F3O3/c1-2-3-4-12-6(11)13-5-7(8,9)10/h2-5H2,1H3. The monoisotopic (exact) mass is 200 g/mol. The van der Waals surface area contributed by atoms with Crippen molar-refractivity contribution in [2.45, 2.75) is 25.9 Å². The topological polar surface area (TPSA) is 35.5 Å². The molecule has 6 heteroatoms. The van der Waals surface area contributed by atoms with Crippen molar-refractivity contribution in [2.24, 2.45) is 0 Å². The van der Waals surface area contributed by atoms with Crippen LogP contribution in [0.5, 0.6) is 0 Å². The zero-order valence-electron chi connectivity index (χ0n) is 7.19. The Bertz CT molecular complexity index is 156. The Hall–Kier alpha value is -0.940. The number of halogens is 3. The largest absolute Gasteiger partial charge is 0.508 e. The predicted molar refractivity (Wildman–Crippen MR) is 38.3 cm³/mol. The fourth-order valence-corrected chi connectivity index (χ4v) is 0.482. The highest BCUT2D eigenvalue weighted by Crippen LogP contribution is 2.14. The molecule has 0 unspecified atom stereocenters. The number of hydrogen-bond donors (Lipinski definition) is 0. The normalized spacial score (nSPS) is 11.1. The Kier molecular flexibility index (Phi) is 5.25. The minimum Gasteiger partial charge on any atom is -0.434 e.